The molecule has 7 heteroatoms. The van der Waals surface area contributed by atoms with E-state index < -0.39 is 12.5 Å². The number of nitro benzene ring substituents is 1. The third-order valence-electron chi connectivity index (χ3n) is 2.03. The van der Waals surface area contributed by atoms with Crippen LogP contribution in [0.5, 0.6) is 0 Å². The lowest BCUT2D eigenvalue weighted by atomic mass is 10.2. The molecule has 0 aliphatic heterocycles. The van der Waals surface area contributed by atoms with E-state index in [0.29, 0.717) is 0 Å². The van der Waals surface area contributed by atoms with E-state index in [1.165, 1.54) is 18.2 Å². The molecule has 0 aromatic heterocycles. The van der Waals surface area contributed by atoms with Gasteiger partial charge in [-0.2, -0.15) is 0 Å². The molecular formula is C12H14NO5P. The Morgan fingerprint density at radius 1 is 1.26 bits per heavy atom. The van der Waals surface area contributed by atoms with Crippen molar-refractivity contribution in [3.63, 3.8) is 0 Å². The van der Waals surface area contributed by atoms with Gasteiger partial charge < -0.3 is 0 Å². The van der Waals surface area contributed by atoms with E-state index in [1.54, 1.807) is 19.9 Å². The molecule has 0 atom stereocenters. The summed E-state index contributed by atoms with van der Waals surface area (Å²) in [5.41, 5.74) is 2.40. The van der Waals surface area contributed by atoms with E-state index in [-0.39, 0.29) is 24.5 Å². The molecule has 6 nitrogen and oxygen atoms in total. The van der Waals surface area contributed by atoms with Crippen LogP contribution in [0, 0.1) is 21.7 Å². The zero-order valence-corrected chi connectivity index (χ0v) is 11.6. The molecule has 0 amide bonds. The van der Waals surface area contributed by atoms with Gasteiger partial charge in [-0.05, 0) is 25.8 Å². The second-order valence-electron chi connectivity index (χ2n) is 3.34. The van der Waals surface area contributed by atoms with Crippen LogP contribution >= 0.6 is 7.60 Å². The molecule has 0 heterocycles. The summed E-state index contributed by atoms with van der Waals surface area (Å²) in [4.78, 5) is 10.3. The van der Waals surface area contributed by atoms with Crippen LogP contribution in [0.2, 0.25) is 0 Å². The van der Waals surface area contributed by atoms with Gasteiger partial charge in [0.15, 0.2) is 0 Å². The molecule has 1 aromatic carbocycles. The Hall–Kier alpha value is -1.67. The maximum absolute atomic E-state index is 12.1. The number of rotatable bonds is 5. The average Bonchev–Trinajstić information content (AvgIpc) is 2.37. The van der Waals surface area contributed by atoms with Gasteiger partial charge in [0.25, 0.3) is 5.69 Å². The fourth-order valence-corrected chi connectivity index (χ4v) is 2.45. The van der Waals surface area contributed by atoms with Crippen molar-refractivity contribution in [3.8, 4) is 11.6 Å². The fraction of sp³-hybridized carbons (Fsp3) is 0.333. The Bertz CT molecular complexity index is 551. The molecule has 0 N–H and O–H groups in total. The van der Waals surface area contributed by atoms with E-state index in [0.717, 1.165) is 0 Å². The van der Waals surface area contributed by atoms with Gasteiger partial charge in [-0.15, -0.1) is 0 Å². The maximum Gasteiger partial charge on any atom is 0.405 e. The quantitative estimate of drug-likeness (QED) is 0.359. The first-order valence-electron chi connectivity index (χ1n) is 5.68. The second kappa shape index (κ2) is 7.05. The van der Waals surface area contributed by atoms with E-state index in [4.69, 9.17) is 9.05 Å². The summed E-state index contributed by atoms with van der Waals surface area (Å²) in [5, 5.41) is 10.8. The van der Waals surface area contributed by atoms with Crippen LogP contribution in [-0.4, -0.2) is 18.1 Å². The van der Waals surface area contributed by atoms with Crippen LogP contribution in [0.3, 0.4) is 0 Å². The molecule has 0 aliphatic carbocycles. The highest BCUT2D eigenvalue weighted by Crippen LogP contribution is 2.46. The van der Waals surface area contributed by atoms with E-state index in [2.05, 4.69) is 11.6 Å². The SMILES string of the molecule is CCOP(=O)(C#Cc1ccccc1[N+](=O)[O-])OCC. The highest BCUT2D eigenvalue weighted by atomic mass is 31.2. The molecular weight excluding hydrogens is 269 g/mol. The first kappa shape index (κ1) is 15.4. The number of hydrogen-bond donors (Lipinski definition) is 0. The summed E-state index contributed by atoms with van der Waals surface area (Å²) in [6, 6.07) is 5.96. The summed E-state index contributed by atoms with van der Waals surface area (Å²) in [6.07, 6.45) is 0. The number of para-hydroxylation sites is 1. The van der Waals surface area contributed by atoms with Crippen molar-refractivity contribution in [1.82, 2.24) is 0 Å². The topological polar surface area (TPSA) is 78.7 Å². The van der Waals surface area contributed by atoms with Crippen LogP contribution < -0.4 is 0 Å². The number of benzene rings is 1. The third-order valence-corrected chi connectivity index (χ3v) is 3.61. The molecule has 0 fully saturated rings. The number of nitrogens with zero attached hydrogens (tertiary/aromatic N) is 1. The highest BCUT2D eigenvalue weighted by Gasteiger charge is 2.20. The van der Waals surface area contributed by atoms with E-state index in [9.17, 15) is 14.7 Å². The zero-order chi connectivity index (χ0) is 14.3. The number of nitro groups is 1. The van der Waals surface area contributed by atoms with Crippen molar-refractivity contribution in [1.29, 1.82) is 0 Å². The van der Waals surface area contributed by atoms with Crippen LogP contribution in [-0.2, 0) is 13.6 Å². The second-order valence-corrected chi connectivity index (χ2v) is 5.08. The van der Waals surface area contributed by atoms with Gasteiger partial charge in [-0.25, -0.2) is 4.57 Å². The van der Waals surface area contributed by atoms with Crippen molar-refractivity contribution < 1.29 is 18.5 Å². The molecule has 0 aliphatic rings. The molecule has 102 valence electrons. The lowest BCUT2D eigenvalue weighted by molar-refractivity contribution is -0.385. The van der Waals surface area contributed by atoms with Crippen molar-refractivity contribution in [2.75, 3.05) is 13.2 Å². The number of hydrogen-bond acceptors (Lipinski definition) is 5. The molecule has 0 saturated heterocycles. The Balaban J connectivity index is 3.11. The molecule has 1 rings (SSSR count). The third kappa shape index (κ3) is 4.49. The molecule has 0 spiro atoms. The van der Waals surface area contributed by atoms with E-state index >= 15 is 0 Å². The first-order valence-corrected chi connectivity index (χ1v) is 7.22. The lowest BCUT2D eigenvalue weighted by Crippen LogP contribution is -1.94. The average molecular weight is 283 g/mol. The Kier molecular flexibility index (Phi) is 5.71. The standard InChI is InChI=1S/C12H14NO5P/c1-3-17-19(16,18-4-2)10-9-11-7-5-6-8-12(11)13(14)15/h5-8H,3-4H2,1-2H3. The van der Waals surface area contributed by atoms with Gasteiger partial charge in [0.1, 0.15) is 5.56 Å². The Morgan fingerprint density at radius 3 is 2.37 bits per heavy atom. The van der Waals surface area contributed by atoms with Crippen molar-refractivity contribution in [2.24, 2.45) is 0 Å². The fourth-order valence-electron chi connectivity index (χ4n) is 1.31. The maximum atomic E-state index is 12.1. The zero-order valence-electron chi connectivity index (χ0n) is 10.7. The van der Waals surface area contributed by atoms with Crippen molar-refractivity contribution in [3.05, 3.63) is 39.9 Å². The summed E-state index contributed by atoms with van der Waals surface area (Å²) >= 11 is 0. The molecule has 19 heavy (non-hydrogen) atoms. The van der Waals surface area contributed by atoms with Gasteiger partial charge in [0.2, 0.25) is 0 Å². The van der Waals surface area contributed by atoms with Crippen LogP contribution in [0.15, 0.2) is 24.3 Å². The lowest BCUT2D eigenvalue weighted by Gasteiger charge is -2.09. The first-order chi connectivity index (χ1) is 9.02. The van der Waals surface area contributed by atoms with Crippen LogP contribution in [0.4, 0.5) is 5.69 Å². The predicted octanol–water partition coefficient (Wildman–Crippen LogP) is 3.17. The minimum absolute atomic E-state index is 0.144. The monoisotopic (exact) mass is 283 g/mol. The predicted molar refractivity (Wildman–Crippen MR) is 70.8 cm³/mol. The molecule has 0 unspecified atom stereocenters. The van der Waals surface area contributed by atoms with Crippen molar-refractivity contribution >= 4 is 13.3 Å². The summed E-state index contributed by atoms with van der Waals surface area (Å²) in [6.45, 7) is 3.70. The molecule has 0 bridgehead atoms. The smallest absolute Gasteiger partial charge is 0.300 e. The van der Waals surface area contributed by atoms with Gasteiger partial charge in [-0.1, -0.05) is 12.1 Å². The summed E-state index contributed by atoms with van der Waals surface area (Å²) < 4.78 is 22.0. The van der Waals surface area contributed by atoms with Gasteiger partial charge in [0.05, 0.1) is 18.1 Å². The largest absolute Gasteiger partial charge is 0.405 e. The minimum Gasteiger partial charge on any atom is -0.300 e. The normalized spacial score (nSPS) is 10.6. The highest BCUT2D eigenvalue weighted by molar-refractivity contribution is 7.59. The van der Waals surface area contributed by atoms with Crippen molar-refractivity contribution in [2.45, 2.75) is 13.8 Å². The summed E-state index contributed by atoms with van der Waals surface area (Å²) in [5.74, 6) is 2.50. The molecule has 0 saturated carbocycles. The van der Waals surface area contributed by atoms with E-state index in [1.807, 2.05) is 0 Å². The van der Waals surface area contributed by atoms with Crippen LogP contribution in [0.25, 0.3) is 0 Å². The molecule has 1 aromatic rings. The summed E-state index contributed by atoms with van der Waals surface area (Å²) in [7, 11) is -3.52. The van der Waals surface area contributed by atoms with Gasteiger partial charge >= 0.3 is 7.60 Å². The Labute approximate surface area is 111 Å². The van der Waals surface area contributed by atoms with Gasteiger partial charge in [-0.3, -0.25) is 19.2 Å². The minimum atomic E-state index is -3.52. The van der Waals surface area contributed by atoms with Gasteiger partial charge in [0, 0.05) is 11.7 Å². The molecule has 0 radical (unpaired) electrons. The Morgan fingerprint density at radius 2 is 1.84 bits per heavy atom. The van der Waals surface area contributed by atoms with Crippen LogP contribution in [0.1, 0.15) is 19.4 Å².